The molecule has 3 aliphatic rings. The van der Waals surface area contributed by atoms with E-state index >= 15 is 0 Å². The number of rotatable bonds is 9. The maximum absolute atomic E-state index is 13.8. The standard InChI is InChI=1S/C35H44F6N6O5/c1-5-25-16-27(17-26(6-2)47(25)33(50)52-29-9-7-22(8-10-29)30(48)51-4)46(31-42-18-28(19-43-31)45-12-11-44(3)32(45)49)20-21-13-23(34(36,37)38)15-24(14-21)35(39,40)41/h13-15,18-19,22,25-27,29H,5-12,16-17,20H2,1-4H3/t22?,25-,26+,27?,29?. The fraction of sp³-hybridized carbons (Fsp3) is 0.629. The zero-order valence-corrected chi connectivity index (χ0v) is 29.5. The lowest BCUT2D eigenvalue weighted by Crippen LogP contribution is -2.57. The molecule has 3 heterocycles. The van der Waals surface area contributed by atoms with Crippen molar-refractivity contribution in [3.05, 3.63) is 47.3 Å². The molecule has 0 spiro atoms. The Bertz CT molecular complexity index is 1540. The number of alkyl halides is 6. The third-order valence-corrected chi connectivity index (χ3v) is 10.4. The number of methoxy groups -OCH3 is 1. The maximum atomic E-state index is 13.8. The molecule has 1 saturated carbocycles. The van der Waals surface area contributed by atoms with E-state index in [9.17, 15) is 40.7 Å². The van der Waals surface area contributed by atoms with Gasteiger partial charge in [0, 0.05) is 44.8 Å². The van der Waals surface area contributed by atoms with E-state index in [0.717, 1.165) is 0 Å². The fourth-order valence-electron chi connectivity index (χ4n) is 7.47. The molecular formula is C35H44F6N6O5. The summed E-state index contributed by atoms with van der Waals surface area (Å²) < 4.78 is 93.9. The zero-order valence-electron chi connectivity index (χ0n) is 29.5. The third kappa shape index (κ3) is 8.65. The Morgan fingerprint density at radius 2 is 1.44 bits per heavy atom. The number of carbonyl (C=O) groups excluding carboxylic acids is 3. The highest BCUT2D eigenvalue weighted by Crippen LogP contribution is 2.39. The largest absolute Gasteiger partial charge is 0.469 e. The summed E-state index contributed by atoms with van der Waals surface area (Å²) in [5.41, 5.74) is -2.70. The molecule has 1 aromatic carbocycles. The van der Waals surface area contributed by atoms with E-state index in [1.165, 1.54) is 29.3 Å². The van der Waals surface area contributed by atoms with Crippen molar-refractivity contribution in [2.45, 2.75) is 108 Å². The van der Waals surface area contributed by atoms with Gasteiger partial charge in [-0.1, -0.05) is 13.8 Å². The number of ether oxygens (including phenoxy) is 2. The van der Waals surface area contributed by atoms with Gasteiger partial charge in [0.1, 0.15) is 6.10 Å². The van der Waals surface area contributed by atoms with Crippen molar-refractivity contribution < 1.29 is 50.2 Å². The third-order valence-electron chi connectivity index (χ3n) is 10.4. The predicted octanol–water partition coefficient (Wildman–Crippen LogP) is 7.28. The van der Waals surface area contributed by atoms with Gasteiger partial charge in [-0.15, -0.1) is 0 Å². The Morgan fingerprint density at radius 3 is 1.90 bits per heavy atom. The van der Waals surface area contributed by atoms with E-state index in [-0.39, 0.29) is 60.2 Å². The molecule has 3 atom stereocenters. The van der Waals surface area contributed by atoms with Gasteiger partial charge in [0.25, 0.3) is 0 Å². The van der Waals surface area contributed by atoms with Crippen molar-refractivity contribution in [1.29, 1.82) is 0 Å². The summed E-state index contributed by atoms with van der Waals surface area (Å²) >= 11 is 0. The minimum absolute atomic E-state index is 0.0582. The van der Waals surface area contributed by atoms with Gasteiger partial charge in [0.2, 0.25) is 5.95 Å². The number of nitrogens with zero attached hydrogens (tertiary/aromatic N) is 6. The van der Waals surface area contributed by atoms with E-state index in [1.54, 1.807) is 16.8 Å². The van der Waals surface area contributed by atoms with Crippen LogP contribution in [-0.4, -0.2) is 89.3 Å². The summed E-state index contributed by atoms with van der Waals surface area (Å²) in [6.45, 7) is 4.27. The number of hydrogen-bond acceptors (Lipinski definition) is 8. The Hall–Kier alpha value is -4.31. The van der Waals surface area contributed by atoms with Crippen LogP contribution in [0.3, 0.4) is 0 Å². The number of likely N-dealkylation sites (tertiary alicyclic amines) is 1. The first-order chi connectivity index (χ1) is 24.5. The molecular weight excluding hydrogens is 698 g/mol. The van der Waals surface area contributed by atoms with Crippen molar-refractivity contribution in [2.75, 3.05) is 37.0 Å². The molecule has 1 aromatic heterocycles. The number of aromatic nitrogens is 2. The van der Waals surface area contributed by atoms with Gasteiger partial charge < -0.3 is 24.2 Å². The van der Waals surface area contributed by atoms with Crippen LogP contribution < -0.4 is 9.80 Å². The van der Waals surface area contributed by atoms with E-state index in [4.69, 9.17) is 9.47 Å². The molecule has 2 aliphatic heterocycles. The zero-order chi connectivity index (χ0) is 38.0. The number of likely N-dealkylation sites (N-methyl/N-ethyl adjacent to an activating group) is 1. The molecule has 0 N–H and O–H groups in total. The van der Waals surface area contributed by atoms with Gasteiger partial charge in [-0.25, -0.2) is 19.6 Å². The van der Waals surface area contributed by atoms with Crippen LogP contribution >= 0.6 is 0 Å². The second-order valence-electron chi connectivity index (χ2n) is 13.7. The first kappa shape index (κ1) is 38.9. The SMILES string of the molecule is CC[C@@H]1CC(N(Cc2cc(C(F)(F)F)cc(C(F)(F)F)c2)c2ncc(N3CCN(C)C3=O)cn2)C[C@H](CC)N1C(=O)OC1CCC(C(=O)OC)CC1. The topological polar surface area (TPSA) is 108 Å². The minimum Gasteiger partial charge on any atom is -0.469 e. The summed E-state index contributed by atoms with van der Waals surface area (Å²) in [7, 11) is 2.99. The maximum Gasteiger partial charge on any atom is 0.416 e. The van der Waals surface area contributed by atoms with Crippen LogP contribution in [0.2, 0.25) is 0 Å². The Kier molecular flexibility index (Phi) is 11.8. The van der Waals surface area contributed by atoms with Gasteiger partial charge in [0.15, 0.2) is 0 Å². The first-order valence-electron chi connectivity index (χ1n) is 17.5. The molecule has 11 nitrogen and oxygen atoms in total. The normalized spacial score (nSPS) is 24.2. The summed E-state index contributed by atoms with van der Waals surface area (Å²) in [6.07, 6.45) is -4.43. The lowest BCUT2D eigenvalue weighted by molar-refractivity contribution is -0.147. The van der Waals surface area contributed by atoms with Gasteiger partial charge in [-0.3, -0.25) is 9.69 Å². The van der Waals surface area contributed by atoms with Gasteiger partial charge in [-0.2, -0.15) is 26.3 Å². The second kappa shape index (κ2) is 15.7. The average molecular weight is 743 g/mol. The predicted molar refractivity (Wildman–Crippen MR) is 177 cm³/mol. The highest BCUT2D eigenvalue weighted by molar-refractivity contribution is 5.93. The number of amides is 3. The van der Waals surface area contributed by atoms with Crippen LogP contribution in [0.4, 0.5) is 47.6 Å². The Labute approximate surface area is 298 Å². The number of esters is 1. The summed E-state index contributed by atoms with van der Waals surface area (Å²) in [5.74, 6) is -0.474. The van der Waals surface area contributed by atoms with Crippen molar-refractivity contribution >= 4 is 29.7 Å². The highest BCUT2D eigenvalue weighted by Gasteiger charge is 2.43. The molecule has 17 heteroatoms. The summed E-state index contributed by atoms with van der Waals surface area (Å²) in [5, 5.41) is 0. The average Bonchev–Trinajstić information content (AvgIpc) is 3.46. The molecule has 1 unspecified atom stereocenters. The number of hydrogen-bond donors (Lipinski definition) is 0. The Morgan fingerprint density at radius 1 is 0.885 bits per heavy atom. The molecule has 0 radical (unpaired) electrons. The number of anilines is 2. The second-order valence-corrected chi connectivity index (χ2v) is 13.7. The molecule has 286 valence electrons. The highest BCUT2D eigenvalue weighted by atomic mass is 19.4. The lowest BCUT2D eigenvalue weighted by atomic mass is 9.87. The molecule has 5 rings (SSSR count). The Balaban J connectivity index is 1.44. The summed E-state index contributed by atoms with van der Waals surface area (Å²) in [4.78, 5) is 53.5. The van der Waals surface area contributed by atoms with Gasteiger partial charge >= 0.3 is 30.4 Å². The molecule has 3 fully saturated rings. The number of carbonyl (C=O) groups is 3. The number of benzene rings is 1. The summed E-state index contributed by atoms with van der Waals surface area (Å²) in [6, 6.07) is -0.0247. The molecule has 2 aromatic rings. The van der Waals surface area contributed by atoms with E-state index in [2.05, 4.69) is 9.97 Å². The number of urea groups is 1. The van der Waals surface area contributed by atoms with Gasteiger partial charge in [-0.05, 0) is 75.1 Å². The molecule has 52 heavy (non-hydrogen) atoms. The minimum atomic E-state index is -5.03. The van der Waals surface area contributed by atoms with E-state index in [1.807, 2.05) is 13.8 Å². The monoisotopic (exact) mass is 742 g/mol. The fourth-order valence-corrected chi connectivity index (χ4v) is 7.47. The smallest absolute Gasteiger partial charge is 0.416 e. The van der Waals surface area contributed by atoms with E-state index in [0.29, 0.717) is 82.3 Å². The van der Waals surface area contributed by atoms with Crippen LogP contribution in [0.1, 0.15) is 81.9 Å². The molecule has 2 saturated heterocycles. The van der Waals surface area contributed by atoms with Gasteiger partial charge in [0.05, 0.1) is 42.2 Å². The van der Waals surface area contributed by atoms with Crippen LogP contribution in [0.15, 0.2) is 30.6 Å². The molecule has 1 aliphatic carbocycles. The van der Waals surface area contributed by atoms with Crippen molar-refractivity contribution in [3.8, 4) is 0 Å². The van der Waals surface area contributed by atoms with Crippen molar-refractivity contribution in [2.24, 2.45) is 5.92 Å². The lowest BCUT2D eigenvalue weighted by Gasteiger charge is -2.47. The van der Waals surface area contributed by atoms with Crippen LogP contribution in [0.25, 0.3) is 0 Å². The van der Waals surface area contributed by atoms with Crippen molar-refractivity contribution in [3.63, 3.8) is 0 Å². The molecule has 3 amide bonds. The van der Waals surface area contributed by atoms with Crippen molar-refractivity contribution in [1.82, 2.24) is 19.8 Å². The number of halogens is 6. The number of piperidine rings is 1. The molecule has 0 bridgehead atoms. The van der Waals surface area contributed by atoms with Crippen LogP contribution in [-0.2, 0) is 33.2 Å². The first-order valence-corrected chi connectivity index (χ1v) is 17.5. The van der Waals surface area contributed by atoms with Crippen LogP contribution in [0.5, 0.6) is 0 Å². The quantitative estimate of drug-likeness (QED) is 0.195. The van der Waals surface area contributed by atoms with E-state index < -0.39 is 35.6 Å². The van der Waals surface area contributed by atoms with Crippen LogP contribution in [0, 0.1) is 5.92 Å².